The van der Waals surface area contributed by atoms with Crippen LogP contribution in [-0.2, 0) is 12.8 Å². The number of fused-ring (bicyclic) bond motifs is 1. The summed E-state index contributed by atoms with van der Waals surface area (Å²) in [6.45, 7) is 4.63. The maximum absolute atomic E-state index is 8.78. The molecule has 0 aliphatic carbocycles. The molecule has 0 spiro atoms. The summed E-state index contributed by atoms with van der Waals surface area (Å²) in [4.78, 5) is 17.6. The van der Waals surface area contributed by atoms with E-state index in [1.165, 1.54) is 319 Å². The van der Waals surface area contributed by atoms with E-state index in [0.29, 0.717) is 0 Å². The van der Waals surface area contributed by atoms with Gasteiger partial charge in [-0.1, -0.05) is 333 Å². The first-order chi connectivity index (χ1) is 33.3. The van der Waals surface area contributed by atoms with Crippen molar-refractivity contribution in [3.05, 3.63) is 47.5 Å². The van der Waals surface area contributed by atoms with Crippen molar-refractivity contribution in [1.82, 2.24) is 0 Å². The number of primary amides is 2. The van der Waals surface area contributed by atoms with E-state index >= 15 is 0 Å². The van der Waals surface area contributed by atoms with Gasteiger partial charge in [0.15, 0.2) is 0 Å². The molecule has 6 nitrogen and oxygen atoms in total. The van der Waals surface area contributed by atoms with E-state index in [-0.39, 0.29) is 0 Å². The van der Waals surface area contributed by atoms with Crippen LogP contribution in [-0.4, -0.2) is 22.4 Å². The second-order valence-corrected chi connectivity index (χ2v) is 20.7. The van der Waals surface area contributed by atoms with Gasteiger partial charge >= 0.3 is 12.2 Å². The third-order valence-electron chi connectivity index (χ3n) is 14.2. The number of carbonyl (C=O) groups is 2. The number of unbranched alkanes of at least 4 members (excludes halogenated alkanes) is 44. The number of carboxylic acid groups (broad SMARTS) is 2. The van der Waals surface area contributed by atoms with Gasteiger partial charge < -0.3 is 21.7 Å². The van der Waals surface area contributed by atoms with Gasteiger partial charge in [-0.15, -0.1) is 0 Å². The lowest BCUT2D eigenvalue weighted by atomic mass is 9.91. The van der Waals surface area contributed by atoms with Gasteiger partial charge in [0.2, 0.25) is 0 Å². The number of rotatable bonds is 48. The predicted molar refractivity (Wildman–Crippen MR) is 300 cm³/mol. The standard InChI is InChI=1S/C60H108.2CH3NO2/c1-3-5-7-9-11-13-15-17-19-20-21-22-23-24-25-26-27-28-29-30-31-32-33-34-35-36-38-40-42-44-46-48-53-59-57(55-56-58-52-49-50-54-60(58)59)51-47-45-43-41-39-37-18-16-14-12-10-8-6-4-2;2*2-1(3)4/h49-50,52,54-56H,3-48,51,53H2,1-2H3;2*2H2,(H,3,4). The third-order valence-corrected chi connectivity index (χ3v) is 14.2. The number of nitrogens with two attached hydrogens (primary N) is 2. The molecule has 0 fully saturated rings. The van der Waals surface area contributed by atoms with Gasteiger partial charge in [0.05, 0.1) is 0 Å². The van der Waals surface area contributed by atoms with Crippen molar-refractivity contribution in [2.24, 2.45) is 11.5 Å². The lowest BCUT2D eigenvalue weighted by Crippen LogP contribution is -2.03. The van der Waals surface area contributed by atoms with Crippen LogP contribution < -0.4 is 11.5 Å². The molecule has 0 unspecified atom stereocenters. The fourth-order valence-corrected chi connectivity index (χ4v) is 10.1. The first kappa shape index (κ1) is 65.2. The Morgan fingerprint density at radius 1 is 0.324 bits per heavy atom. The van der Waals surface area contributed by atoms with Gasteiger partial charge in [0, 0.05) is 0 Å². The van der Waals surface area contributed by atoms with Crippen LogP contribution in [0.15, 0.2) is 36.4 Å². The molecule has 0 radical (unpaired) electrons. The van der Waals surface area contributed by atoms with Crippen LogP contribution in [0.25, 0.3) is 10.8 Å². The van der Waals surface area contributed by atoms with Crippen LogP contribution in [0.3, 0.4) is 0 Å². The van der Waals surface area contributed by atoms with Crippen LogP contribution in [0.4, 0.5) is 9.59 Å². The Hall–Kier alpha value is -2.76. The minimum atomic E-state index is -1.33. The minimum absolute atomic E-state index is 1.27. The Bertz CT molecular complexity index is 1330. The van der Waals surface area contributed by atoms with E-state index in [1.807, 2.05) is 0 Å². The van der Waals surface area contributed by atoms with Gasteiger partial charge in [0.25, 0.3) is 0 Å². The average molecular weight is 952 g/mol. The SMILES string of the molecule is CCCCCCCCCCCCCCCCCCCCCCCCCCCCCCCCCCc1c(CCCCCCCCCCCCCCCC)ccc2ccccc12.NC(=O)O.NC(=O)O. The van der Waals surface area contributed by atoms with Crippen LogP contribution in [0.1, 0.15) is 320 Å². The molecule has 396 valence electrons. The van der Waals surface area contributed by atoms with Gasteiger partial charge in [-0.3, -0.25) is 0 Å². The Morgan fingerprint density at radius 3 is 0.809 bits per heavy atom. The average Bonchev–Trinajstić information content (AvgIpc) is 3.32. The van der Waals surface area contributed by atoms with Gasteiger partial charge in [-0.25, -0.2) is 9.59 Å². The molecule has 2 aromatic rings. The van der Waals surface area contributed by atoms with E-state index in [2.05, 4.69) is 61.7 Å². The second-order valence-electron chi connectivity index (χ2n) is 20.7. The summed E-state index contributed by atoms with van der Waals surface area (Å²) in [7, 11) is 0. The Labute approximate surface area is 422 Å². The van der Waals surface area contributed by atoms with Crippen LogP contribution >= 0.6 is 0 Å². The smallest absolute Gasteiger partial charge is 0.402 e. The third kappa shape index (κ3) is 48.3. The van der Waals surface area contributed by atoms with Crippen molar-refractivity contribution >= 4 is 23.0 Å². The van der Waals surface area contributed by atoms with Crippen molar-refractivity contribution in [2.75, 3.05) is 0 Å². The maximum atomic E-state index is 8.78. The minimum Gasteiger partial charge on any atom is -0.465 e. The molecule has 6 N–H and O–H groups in total. The predicted octanol–water partition coefficient (Wildman–Crippen LogP) is 21.2. The highest BCUT2D eigenvalue weighted by molar-refractivity contribution is 5.86. The lowest BCUT2D eigenvalue weighted by Gasteiger charge is -2.14. The van der Waals surface area contributed by atoms with Crippen LogP contribution in [0, 0.1) is 0 Å². The zero-order valence-electron chi connectivity index (χ0n) is 45.3. The summed E-state index contributed by atoms with van der Waals surface area (Å²) in [5.74, 6) is 0. The van der Waals surface area contributed by atoms with E-state index < -0.39 is 12.2 Å². The molecular weight excluding hydrogens is 837 g/mol. The summed E-state index contributed by atoms with van der Waals surface area (Å²) in [6, 6.07) is 14.0. The molecule has 0 saturated heterocycles. The highest BCUT2D eigenvalue weighted by Crippen LogP contribution is 2.27. The number of benzene rings is 2. The molecule has 0 aromatic heterocycles. The highest BCUT2D eigenvalue weighted by Gasteiger charge is 2.08. The topological polar surface area (TPSA) is 127 Å². The Morgan fingerprint density at radius 2 is 0.544 bits per heavy atom. The zero-order chi connectivity index (χ0) is 49.6. The van der Waals surface area contributed by atoms with Gasteiger partial charge in [-0.05, 0) is 47.6 Å². The maximum Gasteiger partial charge on any atom is 0.402 e. The van der Waals surface area contributed by atoms with Crippen molar-refractivity contribution in [3.8, 4) is 0 Å². The molecule has 2 aromatic carbocycles. The molecule has 0 bridgehead atoms. The summed E-state index contributed by atoms with van der Waals surface area (Å²) in [5, 5.41) is 17.4. The first-order valence-electron chi connectivity index (χ1n) is 29.8. The van der Waals surface area contributed by atoms with E-state index in [4.69, 9.17) is 19.8 Å². The summed E-state index contributed by atoms with van der Waals surface area (Å²) in [5.41, 5.74) is 11.4. The molecule has 68 heavy (non-hydrogen) atoms. The van der Waals surface area contributed by atoms with E-state index in [0.717, 1.165) is 0 Å². The van der Waals surface area contributed by atoms with Crippen LogP contribution in [0.5, 0.6) is 0 Å². The highest BCUT2D eigenvalue weighted by atomic mass is 16.4. The van der Waals surface area contributed by atoms with Crippen molar-refractivity contribution in [2.45, 2.75) is 322 Å². The summed E-state index contributed by atoms with van der Waals surface area (Å²) in [6.07, 6.45) is 67.0. The van der Waals surface area contributed by atoms with Crippen molar-refractivity contribution in [3.63, 3.8) is 0 Å². The summed E-state index contributed by atoms with van der Waals surface area (Å²) < 4.78 is 0. The first-order valence-corrected chi connectivity index (χ1v) is 29.8. The monoisotopic (exact) mass is 951 g/mol. The molecule has 2 rings (SSSR count). The Balaban J connectivity index is 0.00000517. The molecule has 0 aliphatic heterocycles. The molecule has 0 aliphatic rings. The largest absolute Gasteiger partial charge is 0.465 e. The fourth-order valence-electron chi connectivity index (χ4n) is 10.1. The van der Waals surface area contributed by atoms with Gasteiger partial charge in [0.1, 0.15) is 0 Å². The number of amides is 2. The lowest BCUT2D eigenvalue weighted by molar-refractivity contribution is 0.204. The molecular formula is C62H114N2O4. The molecule has 0 heterocycles. The van der Waals surface area contributed by atoms with Crippen molar-refractivity contribution in [1.29, 1.82) is 0 Å². The van der Waals surface area contributed by atoms with Crippen molar-refractivity contribution < 1.29 is 19.8 Å². The molecule has 2 amide bonds. The number of aryl methyl sites for hydroxylation is 2. The second kappa shape index (κ2) is 53.6. The van der Waals surface area contributed by atoms with E-state index in [1.54, 1.807) is 11.1 Å². The molecule has 0 atom stereocenters. The zero-order valence-corrected chi connectivity index (χ0v) is 45.3. The molecule has 0 saturated carbocycles. The van der Waals surface area contributed by atoms with Crippen LogP contribution in [0.2, 0.25) is 0 Å². The van der Waals surface area contributed by atoms with E-state index in [9.17, 15) is 0 Å². The normalized spacial score (nSPS) is 11.0. The quantitative estimate of drug-likeness (QED) is 0.0493. The number of hydrogen-bond acceptors (Lipinski definition) is 2. The van der Waals surface area contributed by atoms with Gasteiger partial charge in [-0.2, -0.15) is 0 Å². The summed E-state index contributed by atoms with van der Waals surface area (Å²) >= 11 is 0. The fraction of sp³-hybridized carbons (Fsp3) is 0.806. The Kier molecular flexibility index (Phi) is 51.4. The molecule has 6 heteroatoms. The number of hydrogen-bond donors (Lipinski definition) is 4.